The van der Waals surface area contributed by atoms with E-state index in [1.165, 1.54) is 10.9 Å². The van der Waals surface area contributed by atoms with E-state index in [0.717, 1.165) is 5.56 Å². The van der Waals surface area contributed by atoms with Crippen molar-refractivity contribution in [2.75, 3.05) is 5.32 Å². The molecule has 1 aromatic carbocycles. The molecular weight excluding hydrogens is 353 g/mol. The SMILES string of the molecule is Cn1ncc(C#N)c1NC(=O)[C@@H]1CC(c2ccc(Cl)c(Cl)c2)=NO1. The molecule has 0 fully saturated rings. The summed E-state index contributed by atoms with van der Waals surface area (Å²) in [5.74, 6) is -0.0944. The first-order valence-corrected chi connectivity index (χ1v) is 7.66. The third-order valence-electron chi connectivity index (χ3n) is 3.51. The second-order valence-corrected chi connectivity index (χ2v) is 5.91. The van der Waals surface area contributed by atoms with E-state index in [4.69, 9.17) is 33.3 Å². The monoisotopic (exact) mass is 363 g/mol. The molecule has 0 saturated carbocycles. The van der Waals surface area contributed by atoms with Crippen LogP contribution in [0, 0.1) is 11.3 Å². The number of carbonyl (C=O) groups is 1. The lowest BCUT2D eigenvalue weighted by molar-refractivity contribution is -0.125. The number of nitrogens with one attached hydrogen (secondary N) is 1. The van der Waals surface area contributed by atoms with E-state index >= 15 is 0 Å². The van der Waals surface area contributed by atoms with Crippen molar-refractivity contribution in [3.63, 3.8) is 0 Å². The van der Waals surface area contributed by atoms with Gasteiger partial charge in [0.15, 0.2) is 0 Å². The molecule has 1 N–H and O–H groups in total. The fraction of sp³-hybridized carbons (Fsp3) is 0.200. The summed E-state index contributed by atoms with van der Waals surface area (Å²) in [4.78, 5) is 17.5. The second kappa shape index (κ2) is 6.51. The molecule has 1 atom stereocenters. The van der Waals surface area contributed by atoms with Gasteiger partial charge < -0.3 is 10.2 Å². The van der Waals surface area contributed by atoms with Crippen LogP contribution >= 0.6 is 23.2 Å². The van der Waals surface area contributed by atoms with Crippen molar-refractivity contribution in [3.05, 3.63) is 45.6 Å². The summed E-state index contributed by atoms with van der Waals surface area (Å²) in [6, 6.07) is 7.04. The Kier molecular flexibility index (Phi) is 4.42. The highest BCUT2D eigenvalue weighted by molar-refractivity contribution is 6.42. The fourth-order valence-electron chi connectivity index (χ4n) is 2.23. The number of halogens is 2. The smallest absolute Gasteiger partial charge is 0.269 e. The Balaban J connectivity index is 1.70. The number of benzene rings is 1. The molecule has 1 amide bonds. The zero-order valence-corrected chi connectivity index (χ0v) is 14.0. The highest BCUT2D eigenvalue weighted by atomic mass is 35.5. The van der Waals surface area contributed by atoms with Gasteiger partial charge in [0.1, 0.15) is 17.5 Å². The minimum absolute atomic E-state index is 0.273. The average molecular weight is 364 g/mol. The van der Waals surface area contributed by atoms with Crippen LogP contribution in [-0.4, -0.2) is 27.5 Å². The summed E-state index contributed by atoms with van der Waals surface area (Å²) in [5, 5.41) is 20.4. The Bertz CT molecular complexity index is 884. The van der Waals surface area contributed by atoms with E-state index in [-0.39, 0.29) is 12.0 Å². The number of nitrogens with zero attached hydrogens (tertiary/aromatic N) is 4. The number of hydrogen-bond acceptors (Lipinski definition) is 5. The van der Waals surface area contributed by atoms with Gasteiger partial charge in [0.25, 0.3) is 5.91 Å². The number of rotatable bonds is 3. The van der Waals surface area contributed by atoms with Crippen LogP contribution in [0.2, 0.25) is 10.0 Å². The zero-order chi connectivity index (χ0) is 17.3. The van der Waals surface area contributed by atoms with Gasteiger partial charge in [0.2, 0.25) is 6.10 Å². The second-order valence-electron chi connectivity index (χ2n) is 5.10. The Labute approximate surface area is 147 Å². The van der Waals surface area contributed by atoms with Crippen molar-refractivity contribution >= 4 is 40.6 Å². The Morgan fingerprint density at radius 2 is 2.25 bits per heavy atom. The highest BCUT2D eigenvalue weighted by Crippen LogP contribution is 2.26. The molecule has 24 heavy (non-hydrogen) atoms. The van der Waals surface area contributed by atoms with E-state index in [9.17, 15) is 4.79 Å². The van der Waals surface area contributed by atoms with Gasteiger partial charge in [-0.3, -0.25) is 9.48 Å². The summed E-state index contributed by atoms with van der Waals surface area (Å²) < 4.78 is 1.41. The maximum Gasteiger partial charge on any atom is 0.269 e. The maximum atomic E-state index is 12.3. The summed E-state index contributed by atoms with van der Waals surface area (Å²) in [7, 11) is 1.63. The normalized spacial score (nSPS) is 16.2. The molecule has 0 aliphatic carbocycles. The molecular formula is C15H11Cl2N5O2. The van der Waals surface area contributed by atoms with Crippen molar-refractivity contribution in [3.8, 4) is 6.07 Å². The molecule has 0 saturated heterocycles. The van der Waals surface area contributed by atoms with E-state index in [0.29, 0.717) is 21.6 Å². The predicted octanol–water partition coefficient (Wildman–Crippen LogP) is 2.73. The van der Waals surface area contributed by atoms with Crippen LogP contribution in [0.1, 0.15) is 17.5 Å². The van der Waals surface area contributed by atoms with Crippen LogP contribution in [0.5, 0.6) is 0 Å². The first-order chi connectivity index (χ1) is 11.5. The standard InChI is InChI=1S/C15H11Cl2N5O2/c1-22-14(9(6-18)7-19-22)20-15(23)13-5-12(21-24-13)8-2-3-10(16)11(17)4-8/h2-4,7,13H,5H2,1H3,(H,20,23)/t13-/m0/s1. The lowest BCUT2D eigenvalue weighted by atomic mass is 10.0. The molecule has 122 valence electrons. The quantitative estimate of drug-likeness (QED) is 0.906. The van der Waals surface area contributed by atoms with Crippen LogP contribution in [0.25, 0.3) is 0 Å². The molecule has 0 bridgehead atoms. The maximum absolute atomic E-state index is 12.3. The molecule has 2 aromatic rings. The number of amides is 1. The molecule has 2 heterocycles. The summed E-state index contributed by atoms with van der Waals surface area (Å²) in [6.07, 6.45) is 0.864. The largest absolute Gasteiger partial charge is 0.382 e. The minimum Gasteiger partial charge on any atom is -0.382 e. The number of hydrogen-bond donors (Lipinski definition) is 1. The first-order valence-electron chi connectivity index (χ1n) is 6.90. The molecule has 9 heteroatoms. The number of anilines is 1. The lowest BCUT2D eigenvalue weighted by Crippen LogP contribution is -2.29. The number of nitriles is 1. The van der Waals surface area contributed by atoms with E-state index in [1.807, 2.05) is 6.07 Å². The Morgan fingerprint density at radius 1 is 1.46 bits per heavy atom. The molecule has 0 spiro atoms. The molecule has 1 aliphatic heterocycles. The molecule has 1 aromatic heterocycles. The minimum atomic E-state index is -0.795. The van der Waals surface area contributed by atoms with Crippen LogP contribution < -0.4 is 5.32 Å². The molecule has 3 rings (SSSR count). The van der Waals surface area contributed by atoms with Crippen LogP contribution in [0.4, 0.5) is 5.82 Å². The summed E-state index contributed by atoms with van der Waals surface area (Å²) in [6.45, 7) is 0. The first kappa shape index (κ1) is 16.3. The summed E-state index contributed by atoms with van der Waals surface area (Å²) in [5.41, 5.74) is 1.60. The van der Waals surface area contributed by atoms with Gasteiger partial charge in [-0.15, -0.1) is 0 Å². The highest BCUT2D eigenvalue weighted by Gasteiger charge is 2.30. The van der Waals surface area contributed by atoms with Gasteiger partial charge in [-0.2, -0.15) is 10.4 Å². The number of aromatic nitrogens is 2. The van der Waals surface area contributed by atoms with Crippen LogP contribution in [-0.2, 0) is 16.7 Å². The van der Waals surface area contributed by atoms with Crippen LogP contribution in [0.15, 0.2) is 29.6 Å². The van der Waals surface area contributed by atoms with Crippen molar-refractivity contribution in [1.82, 2.24) is 9.78 Å². The van der Waals surface area contributed by atoms with E-state index in [1.54, 1.807) is 25.2 Å². The van der Waals surface area contributed by atoms with E-state index < -0.39 is 12.0 Å². The van der Waals surface area contributed by atoms with Gasteiger partial charge in [-0.05, 0) is 12.1 Å². The molecule has 0 radical (unpaired) electrons. The number of aryl methyl sites for hydroxylation is 1. The van der Waals surface area contributed by atoms with Gasteiger partial charge >= 0.3 is 0 Å². The fourth-order valence-corrected chi connectivity index (χ4v) is 2.53. The zero-order valence-electron chi connectivity index (χ0n) is 12.5. The van der Waals surface area contributed by atoms with Crippen molar-refractivity contribution in [1.29, 1.82) is 5.26 Å². The van der Waals surface area contributed by atoms with E-state index in [2.05, 4.69) is 15.6 Å². The Morgan fingerprint density at radius 3 is 2.96 bits per heavy atom. The Hall–Kier alpha value is -2.56. The molecule has 7 nitrogen and oxygen atoms in total. The third-order valence-corrected chi connectivity index (χ3v) is 4.25. The van der Waals surface area contributed by atoms with Crippen molar-refractivity contribution in [2.45, 2.75) is 12.5 Å². The molecule has 0 unspecified atom stereocenters. The number of oxime groups is 1. The van der Waals surface area contributed by atoms with Gasteiger partial charge in [0, 0.05) is 19.0 Å². The summed E-state index contributed by atoms with van der Waals surface area (Å²) >= 11 is 11.9. The molecule has 1 aliphatic rings. The average Bonchev–Trinajstić information content (AvgIpc) is 3.18. The van der Waals surface area contributed by atoms with Gasteiger partial charge in [-0.25, -0.2) is 0 Å². The van der Waals surface area contributed by atoms with Crippen LogP contribution in [0.3, 0.4) is 0 Å². The number of carbonyl (C=O) groups excluding carboxylic acids is 1. The topological polar surface area (TPSA) is 92.3 Å². The lowest BCUT2D eigenvalue weighted by Gasteiger charge is -2.10. The predicted molar refractivity (Wildman–Crippen MR) is 89.0 cm³/mol. The van der Waals surface area contributed by atoms with Gasteiger partial charge in [0.05, 0.1) is 22.0 Å². The van der Waals surface area contributed by atoms with Crippen molar-refractivity contribution < 1.29 is 9.63 Å². The van der Waals surface area contributed by atoms with Gasteiger partial charge in [-0.1, -0.05) is 34.4 Å². The third kappa shape index (κ3) is 3.07. The van der Waals surface area contributed by atoms with Crippen molar-refractivity contribution in [2.24, 2.45) is 12.2 Å².